The van der Waals surface area contributed by atoms with Gasteiger partial charge in [0, 0.05) is 6.61 Å². The highest BCUT2D eigenvalue weighted by Crippen LogP contribution is 2.20. The Bertz CT molecular complexity index is 91.4. The van der Waals surface area contributed by atoms with Crippen LogP contribution in [0.25, 0.3) is 0 Å². The highest BCUT2D eigenvalue weighted by Gasteiger charge is 2.39. The van der Waals surface area contributed by atoms with Gasteiger partial charge in [0.1, 0.15) is 0 Å². The van der Waals surface area contributed by atoms with E-state index in [1.807, 2.05) is 0 Å². The minimum absolute atomic E-state index is 0.0827. The van der Waals surface area contributed by atoms with Gasteiger partial charge in [-0.1, -0.05) is 6.92 Å². The van der Waals surface area contributed by atoms with Crippen molar-refractivity contribution in [3.8, 4) is 0 Å². The number of alkyl halides is 3. The van der Waals surface area contributed by atoms with E-state index in [4.69, 9.17) is 5.11 Å². The molecule has 0 aliphatic carbocycles. The lowest BCUT2D eigenvalue weighted by molar-refractivity contribution is -0.293. The Morgan fingerprint density at radius 2 is 2.00 bits per heavy atom. The van der Waals surface area contributed by atoms with Gasteiger partial charge in [-0.2, -0.15) is 13.2 Å². The first kappa shape index (κ1) is 9.71. The van der Waals surface area contributed by atoms with Crippen LogP contribution in [0.15, 0.2) is 0 Å². The maximum atomic E-state index is 11.4. The summed E-state index contributed by atoms with van der Waals surface area (Å²) >= 11 is 0. The summed E-state index contributed by atoms with van der Waals surface area (Å²) in [5, 5.41) is 8.17. The van der Waals surface area contributed by atoms with Crippen LogP contribution in [0, 0.1) is 0 Å². The summed E-state index contributed by atoms with van der Waals surface area (Å²) in [7, 11) is 0. The fourth-order valence-electron chi connectivity index (χ4n) is 0.324. The largest absolute Gasteiger partial charge is 0.439 e. The number of aliphatic hydroxyl groups excluding tert-OH is 1. The van der Waals surface area contributed by atoms with Gasteiger partial charge in [-0.05, 0) is 6.42 Å². The molecule has 1 unspecified atom stereocenters. The third kappa shape index (κ3) is 3.68. The lowest BCUT2D eigenvalue weighted by Crippen LogP contribution is -2.31. The summed E-state index contributed by atoms with van der Waals surface area (Å²) < 4.78 is 38.2. The fourth-order valence-corrected chi connectivity index (χ4v) is 0.324. The van der Waals surface area contributed by atoms with Gasteiger partial charge in [-0.15, -0.1) is 0 Å². The van der Waals surface area contributed by atoms with Gasteiger partial charge in [0.05, 0.1) is 0 Å². The zero-order valence-corrected chi connectivity index (χ0v) is 5.48. The average Bonchev–Trinajstić information content (AvgIpc) is 1.80. The highest BCUT2D eigenvalue weighted by atomic mass is 19.4. The molecule has 1 N–H and O–H groups in total. The molecule has 0 aromatic heterocycles. The van der Waals surface area contributed by atoms with Crippen LogP contribution in [-0.4, -0.2) is 24.2 Å². The van der Waals surface area contributed by atoms with Gasteiger partial charge in [-0.25, -0.2) is 0 Å². The van der Waals surface area contributed by atoms with Gasteiger partial charge < -0.3 is 9.84 Å². The van der Waals surface area contributed by atoms with Crippen LogP contribution >= 0.6 is 0 Å². The van der Waals surface area contributed by atoms with Crippen molar-refractivity contribution in [1.82, 2.24) is 0 Å². The lowest BCUT2D eigenvalue weighted by Gasteiger charge is -2.13. The van der Waals surface area contributed by atoms with Crippen LogP contribution in [-0.2, 0) is 4.74 Å². The van der Waals surface area contributed by atoms with Crippen LogP contribution < -0.4 is 0 Å². The summed E-state index contributed by atoms with van der Waals surface area (Å²) in [6.45, 7) is 1.57. The Balaban J connectivity index is 3.52. The van der Waals surface area contributed by atoms with E-state index in [1.165, 1.54) is 0 Å². The number of ether oxygens (including phenoxy) is 1. The average molecular weight is 158 g/mol. The molecule has 0 heterocycles. The second kappa shape index (κ2) is 3.78. The molecule has 0 aromatic rings. The molecule has 0 saturated heterocycles. The predicted octanol–water partition coefficient (Wildman–Crippen LogP) is 1.29. The number of hydrogen-bond donors (Lipinski definition) is 1. The number of rotatable bonds is 3. The third-order valence-electron chi connectivity index (χ3n) is 0.760. The Morgan fingerprint density at radius 1 is 1.50 bits per heavy atom. The van der Waals surface area contributed by atoms with E-state index in [0.717, 1.165) is 0 Å². The van der Waals surface area contributed by atoms with Gasteiger partial charge in [0.25, 0.3) is 6.29 Å². The van der Waals surface area contributed by atoms with Crippen LogP contribution in [0.2, 0.25) is 0 Å². The van der Waals surface area contributed by atoms with Crippen LogP contribution in [0.5, 0.6) is 0 Å². The normalized spacial score (nSPS) is 15.3. The molecule has 5 heteroatoms. The summed E-state index contributed by atoms with van der Waals surface area (Å²) in [5.41, 5.74) is 0. The Morgan fingerprint density at radius 3 is 2.30 bits per heavy atom. The van der Waals surface area contributed by atoms with Crippen molar-refractivity contribution in [1.29, 1.82) is 0 Å². The summed E-state index contributed by atoms with van der Waals surface area (Å²) in [6.07, 6.45) is -6.84. The molecule has 0 aromatic carbocycles. The van der Waals surface area contributed by atoms with E-state index in [0.29, 0.717) is 6.42 Å². The van der Waals surface area contributed by atoms with Crippen molar-refractivity contribution in [2.24, 2.45) is 0 Å². The second-order valence-electron chi connectivity index (χ2n) is 1.76. The molecular formula is C5H9F3O2. The molecule has 10 heavy (non-hydrogen) atoms. The fraction of sp³-hybridized carbons (Fsp3) is 1.00. The summed E-state index contributed by atoms with van der Waals surface area (Å²) in [4.78, 5) is 0. The van der Waals surface area contributed by atoms with Gasteiger partial charge in [-0.3, -0.25) is 0 Å². The quantitative estimate of drug-likeness (QED) is 0.627. The highest BCUT2D eigenvalue weighted by molar-refractivity contribution is 4.52. The van der Waals surface area contributed by atoms with Crippen LogP contribution in [0.1, 0.15) is 13.3 Å². The van der Waals surface area contributed by atoms with Gasteiger partial charge in [0.15, 0.2) is 0 Å². The van der Waals surface area contributed by atoms with E-state index in [-0.39, 0.29) is 6.61 Å². The Hall–Kier alpha value is -0.290. The third-order valence-corrected chi connectivity index (χ3v) is 0.760. The van der Waals surface area contributed by atoms with Crippen molar-refractivity contribution in [2.75, 3.05) is 6.61 Å². The van der Waals surface area contributed by atoms with E-state index >= 15 is 0 Å². The maximum Gasteiger partial charge on any atom is 0.439 e. The van der Waals surface area contributed by atoms with E-state index in [2.05, 4.69) is 4.74 Å². The molecule has 1 atom stereocenters. The van der Waals surface area contributed by atoms with Crippen molar-refractivity contribution >= 4 is 0 Å². The van der Waals surface area contributed by atoms with Gasteiger partial charge >= 0.3 is 6.18 Å². The first-order valence-corrected chi connectivity index (χ1v) is 2.85. The molecule has 0 fully saturated rings. The number of aliphatic hydroxyl groups is 1. The topological polar surface area (TPSA) is 29.5 Å². The monoisotopic (exact) mass is 158 g/mol. The first-order valence-electron chi connectivity index (χ1n) is 2.85. The lowest BCUT2D eigenvalue weighted by atomic mass is 10.5. The molecule has 0 bridgehead atoms. The van der Waals surface area contributed by atoms with Crippen molar-refractivity contribution in [3.63, 3.8) is 0 Å². The zero-order chi connectivity index (χ0) is 8.20. The molecule has 62 valence electrons. The molecule has 0 spiro atoms. The molecule has 2 nitrogen and oxygen atoms in total. The van der Waals surface area contributed by atoms with E-state index in [9.17, 15) is 13.2 Å². The van der Waals surface area contributed by atoms with Crippen molar-refractivity contribution < 1.29 is 23.0 Å². The van der Waals surface area contributed by atoms with Crippen molar-refractivity contribution in [3.05, 3.63) is 0 Å². The van der Waals surface area contributed by atoms with Crippen molar-refractivity contribution in [2.45, 2.75) is 25.8 Å². The second-order valence-corrected chi connectivity index (χ2v) is 1.76. The SMILES string of the molecule is CCCOC(O)C(F)(F)F. The standard InChI is InChI=1S/C5H9F3O2/c1-2-3-10-4(9)5(6,7)8/h4,9H,2-3H2,1H3. The smallest absolute Gasteiger partial charge is 0.361 e. The molecule has 0 aliphatic heterocycles. The van der Waals surface area contributed by atoms with Crippen LogP contribution in [0.4, 0.5) is 13.2 Å². The van der Waals surface area contributed by atoms with E-state index < -0.39 is 12.5 Å². The molecule has 0 rings (SSSR count). The zero-order valence-electron chi connectivity index (χ0n) is 5.48. The van der Waals surface area contributed by atoms with Gasteiger partial charge in [0.2, 0.25) is 0 Å². The summed E-state index contributed by atoms with van der Waals surface area (Å²) in [5.74, 6) is 0. The molecule has 0 amide bonds. The molecule has 0 radical (unpaired) electrons. The minimum atomic E-state index is -4.66. The maximum absolute atomic E-state index is 11.4. The minimum Gasteiger partial charge on any atom is -0.361 e. The Labute approximate surface area is 56.6 Å². The molecule has 0 aliphatic rings. The van der Waals surface area contributed by atoms with E-state index in [1.54, 1.807) is 6.92 Å². The molecular weight excluding hydrogens is 149 g/mol. The number of halogens is 3. The number of hydrogen-bond acceptors (Lipinski definition) is 2. The van der Waals surface area contributed by atoms with Crippen LogP contribution in [0.3, 0.4) is 0 Å². The summed E-state index contributed by atoms with van der Waals surface area (Å²) in [6, 6.07) is 0. The molecule has 0 saturated carbocycles. The Kier molecular flexibility index (Phi) is 3.67. The predicted molar refractivity (Wildman–Crippen MR) is 28.3 cm³/mol. The first-order chi connectivity index (χ1) is 4.48.